The number of anilines is 1. The van der Waals surface area contributed by atoms with Crippen molar-refractivity contribution in [1.82, 2.24) is 14.8 Å². The molecule has 7 nitrogen and oxygen atoms in total. The van der Waals surface area contributed by atoms with Crippen LogP contribution in [0.15, 0.2) is 79.1 Å². The smallest absolute Gasteiger partial charge is 0.413 e. The van der Waals surface area contributed by atoms with Crippen LogP contribution < -0.4 is 10.1 Å². The van der Waals surface area contributed by atoms with Crippen LogP contribution in [0.1, 0.15) is 22.4 Å². The molecule has 0 saturated heterocycles. The fourth-order valence-corrected chi connectivity index (χ4v) is 3.40. The van der Waals surface area contributed by atoms with Gasteiger partial charge >= 0.3 is 6.09 Å². The third-order valence-electron chi connectivity index (χ3n) is 4.91. The number of nitrogens with one attached hydrogen (secondary N) is 1. The lowest BCUT2D eigenvalue weighted by molar-refractivity contribution is 0.155. The van der Waals surface area contributed by atoms with Crippen LogP contribution >= 0.6 is 11.6 Å². The molecule has 0 fully saturated rings. The molecule has 2 heterocycles. The maximum atomic E-state index is 12.1. The largest absolute Gasteiger partial charge is 0.489 e. The molecule has 1 amide bonds. The van der Waals surface area contributed by atoms with Gasteiger partial charge in [-0.05, 0) is 48.4 Å². The van der Waals surface area contributed by atoms with E-state index in [4.69, 9.17) is 21.1 Å². The van der Waals surface area contributed by atoms with E-state index in [1.54, 1.807) is 41.3 Å². The summed E-state index contributed by atoms with van der Waals surface area (Å²) in [5.74, 6) is 1.13. The number of ether oxygens (including phenoxy) is 2. The number of nitrogens with zero attached hydrogens (tertiary/aromatic N) is 3. The van der Waals surface area contributed by atoms with Gasteiger partial charge in [-0.2, -0.15) is 5.10 Å². The molecule has 0 aliphatic rings. The minimum absolute atomic E-state index is 0.151. The van der Waals surface area contributed by atoms with Crippen molar-refractivity contribution in [1.29, 1.82) is 0 Å². The molecule has 0 bridgehead atoms. The number of benzene rings is 2. The number of hydrogen-bond acceptors (Lipinski definition) is 5. The molecule has 4 rings (SSSR count). The predicted octanol–water partition coefficient (Wildman–Crippen LogP) is 5.62. The quantitative estimate of drug-likeness (QED) is 0.368. The summed E-state index contributed by atoms with van der Waals surface area (Å²) in [5, 5.41) is 7.76. The highest BCUT2D eigenvalue weighted by atomic mass is 35.5. The summed E-state index contributed by atoms with van der Waals surface area (Å²) in [6.07, 6.45) is 2.72. The number of pyridine rings is 1. The zero-order chi connectivity index (χ0) is 23.0. The van der Waals surface area contributed by atoms with Gasteiger partial charge in [-0.1, -0.05) is 41.9 Å². The van der Waals surface area contributed by atoms with Gasteiger partial charge in [0.15, 0.2) is 5.82 Å². The van der Waals surface area contributed by atoms with Crippen molar-refractivity contribution in [3.8, 4) is 5.75 Å². The molecular weight excluding hydrogens is 440 g/mol. The minimum atomic E-state index is -0.578. The van der Waals surface area contributed by atoms with Crippen LogP contribution in [0.5, 0.6) is 5.75 Å². The molecule has 33 heavy (non-hydrogen) atoms. The van der Waals surface area contributed by atoms with Gasteiger partial charge in [-0.25, -0.2) is 4.79 Å². The van der Waals surface area contributed by atoms with Gasteiger partial charge in [0, 0.05) is 34.7 Å². The number of carbonyl (C=O) groups is 1. The van der Waals surface area contributed by atoms with Gasteiger partial charge in [0.2, 0.25) is 0 Å². The van der Waals surface area contributed by atoms with Gasteiger partial charge in [0.25, 0.3) is 0 Å². The summed E-state index contributed by atoms with van der Waals surface area (Å²) < 4.78 is 13.1. The Morgan fingerprint density at radius 3 is 2.55 bits per heavy atom. The Labute approximate surface area is 196 Å². The number of amides is 1. The molecule has 0 unspecified atom stereocenters. The fraction of sp³-hybridized carbons (Fsp3) is 0.160. The lowest BCUT2D eigenvalue weighted by Crippen LogP contribution is -2.14. The highest BCUT2D eigenvalue weighted by Crippen LogP contribution is 2.25. The Morgan fingerprint density at radius 1 is 1.00 bits per heavy atom. The van der Waals surface area contributed by atoms with E-state index in [1.165, 1.54) is 0 Å². The SMILES string of the molecule is Cc1cc(NC(=O)OCc2ccncc2)nn1Cc1cc(Cl)ccc1OCc1ccccc1. The zero-order valence-electron chi connectivity index (χ0n) is 18.1. The van der Waals surface area contributed by atoms with Crippen LogP contribution in [-0.2, 0) is 24.5 Å². The Bertz CT molecular complexity index is 1210. The fourth-order valence-electron chi connectivity index (χ4n) is 3.21. The van der Waals surface area contributed by atoms with Crippen LogP contribution in [0.4, 0.5) is 10.6 Å². The monoisotopic (exact) mass is 462 g/mol. The summed E-state index contributed by atoms with van der Waals surface area (Å²) >= 11 is 6.24. The second-order valence-corrected chi connectivity index (χ2v) is 7.85. The Balaban J connectivity index is 1.41. The first-order valence-electron chi connectivity index (χ1n) is 10.4. The van der Waals surface area contributed by atoms with Crippen molar-refractivity contribution in [2.24, 2.45) is 0 Å². The van der Waals surface area contributed by atoms with Crippen molar-refractivity contribution in [3.63, 3.8) is 0 Å². The van der Waals surface area contributed by atoms with Crippen LogP contribution in [-0.4, -0.2) is 20.9 Å². The Morgan fingerprint density at radius 2 is 1.76 bits per heavy atom. The van der Waals surface area contributed by atoms with Gasteiger partial charge in [0.1, 0.15) is 19.0 Å². The third kappa shape index (κ3) is 6.33. The molecule has 0 spiro atoms. The molecule has 0 radical (unpaired) electrons. The molecule has 2 aromatic heterocycles. The highest BCUT2D eigenvalue weighted by Gasteiger charge is 2.12. The number of aromatic nitrogens is 3. The summed E-state index contributed by atoms with van der Waals surface area (Å²) in [6, 6.07) is 20.8. The maximum Gasteiger partial charge on any atom is 0.413 e. The second kappa shape index (κ2) is 10.7. The molecule has 8 heteroatoms. The molecule has 2 aromatic carbocycles. The van der Waals surface area contributed by atoms with Gasteiger partial charge < -0.3 is 9.47 Å². The van der Waals surface area contributed by atoms with E-state index in [9.17, 15) is 4.79 Å². The molecule has 1 N–H and O–H groups in total. The maximum absolute atomic E-state index is 12.1. The molecule has 0 atom stereocenters. The van der Waals surface area contributed by atoms with Crippen LogP contribution in [0.25, 0.3) is 0 Å². The van der Waals surface area contributed by atoms with E-state index in [-0.39, 0.29) is 6.61 Å². The topological polar surface area (TPSA) is 78.3 Å². The van der Waals surface area contributed by atoms with Crippen molar-refractivity contribution < 1.29 is 14.3 Å². The average Bonchev–Trinajstić information content (AvgIpc) is 3.17. The highest BCUT2D eigenvalue weighted by molar-refractivity contribution is 6.30. The van der Waals surface area contributed by atoms with Crippen LogP contribution in [0.3, 0.4) is 0 Å². The standard InChI is InChI=1S/C25H23ClN4O3/c1-18-13-24(28-25(31)33-17-20-9-11-27-12-10-20)29-30(18)15-21-14-22(26)7-8-23(21)32-16-19-5-3-2-4-6-19/h2-14H,15-17H2,1H3,(H,28,29,31). The number of aryl methyl sites for hydroxylation is 1. The van der Waals surface area contributed by atoms with E-state index in [0.29, 0.717) is 24.0 Å². The van der Waals surface area contributed by atoms with E-state index in [1.807, 2.05) is 49.4 Å². The molecule has 0 saturated carbocycles. The van der Waals surface area contributed by atoms with Gasteiger partial charge in [0.05, 0.1) is 6.54 Å². The normalized spacial score (nSPS) is 10.6. The first kappa shape index (κ1) is 22.4. The van der Waals surface area contributed by atoms with Crippen molar-refractivity contribution in [2.45, 2.75) is 26.7 Å². The van der Waals surface area contributed by atoms with Crippen molar-refractivity contribution in [2.75, 3.05) is 5.32 Å². The van der Waals surface area contributed by atoms with Gasteiger partial charge in [-0.15, -0.1) is 0 Å². The summed E-state index contributed by atoms with van der Waals surface area (Å²) in [5.41, 5.74) is 3.68. The van der Waals surface area contributed by atoms with E-state index >= 15 is 0 Å². The van der Waals surface area contributed by atoms with Gasteiger partial charge in [-0.3, -0.25) is 15.0 Å². The van der Waals surface area contributed by atoms with Crippen LogP contribution in [0, 0.1) is 6.92 Å². The first-order valence-corrected chi connectivity index (χ1v) is 10.8. The zero-order valence-corrected chi connectivity index (χ0v) is 18.8. The summed E-state index contributed by atoms with van der Waals surface area (Å²) in [7, 11) is 0. The number of halogens is 1. The van der Waals surface area contributed by atoms with Crippen molar-refractivity contribution in [3.05, 3.63) is 107 Å². The number of rotatable bonds is 8. The molecule has 168 valence electrons. The Kier molecular flexibility index (Phi) is 7.22. The summed E-state index contributed by atoms with van der Waals surface area (Å²) in [6.45, 7) is 2.95. The first-order chi connectivity index (χ1) is 16.1. The second-order valence-electron chi connectivity index (χ2n) is 7.41. The molecule has 0 aliphatic carbocycles. The lowest BCUT2D eigenvalue weighted by atomic mass is 10.2. The van der Waals surface area contributed by atoms with Crippen molar-refractivity contribution >= 4 is 23.5 Å². The molecular formula is C25H23ClN4O3. The van der Waals surface area contributed by atoms with E-state index in [0.717, 1.165) is 28.1 Å². The average molecular weight is 463 g/mol. The van der Waals surface area contributed by atoms with E-state index < -0.39 is 6.09 Å². The predicted molar refractivity (Wildman–Crippen MR) is 126 cm³/mol. The third-order valence-corrected chi connectivity index (χ3v) is 5.15. The summed E-state index contributed by atoms with van der Waals surface area (Å²) in [4.78, 5) is 16.1. The number of carbonyl (C=O) groups excluding carboxylic acids is 1. The Hall–Kier alpha value is -3.84. The minimum Gasteiger partial charge on any atom is -0.489 e. The molecule has 4 aromatic rings. The molecule has 0 aliphatic heterocycles. The lowest BCUT2D eigenvalue weighted by Gasteiger charge is -2.13. The number of hydrogen-bond donors (Lipinski definition) is 1. The van der Waals surface area contributed by atoms with E-state index in [2.05, 4.69) is 15.4 Å². The van der Waals surface area contributed by atoms with Crippen LogP contribution in [0.2, 0.25) is 5.02 Å².